The molecule has 0 saturated carbocycles. The van der Waals surface area contributed by atoms with Gasteiger partial charge in [-0.25, -0.2) is 14.4 Å². The predicted molar refractivity (Wildman–Crippen MR) is 146 cm³/mol. The molecular weight excluding hydrogens is 473 g/mol. The highest BCUT2D eigenvalue weighted by atomic mass is 19.1. The van der Waals surface area contributed by atoms with Crippen LogP contribution in [0.5, 0.6) is 0 Å². The van der Waals surface area contributed by atoms with Crippen molar-refractivity contribution < 1.29 is 9.18 Å². The van der Waals surface area contributed by atoms with Gasteiger partial charge < -0.3 is 25.4 Å². The maximum atomic E-state index is 13.9. The number of fused-ring (bicyclic) bond motifs is 1. The molecule has 9 nitrogen and oxygen atoms in total. The third-order valence-electron chi connectivity index (χ3n) is 5.76. The molecule has 1 amide bonds. The average Bonchev–Trinajstić information content (AvgIpc) is 2.87. The first-order chi connectivity index (χ1) is 17.7. The monoisotopic (exact) mass is 501 g/mol. The van der Waals surface area contributed by atoms with Gasteiger partial charge in [-0.3, -0.25) is 9.59 Å². The molecule has 0 aliphatic rings. The molecule has 0 saturated heterocycles. The van der Waals surface area contributed by atoms with E-state index in [1.54, 1.807) is 18.2 Å². The molecule has 4 rings (SSSR count). The molecule has 0 unspecified atom stereocenters. The van der Waals surface area contributed by atoms with E-state index in [1.165, 1.54) is 30.6 Å². The summed E-state index contributed by atoms with van der Waals surface area (Å²) in [5.41, 5.74) is 3.23. The largest absolute Gasteiger partial charge is 0.372 e. The van der Waals surface area contributed by atoms with Crippen molar-refractivity contribution in [3.05, 3.63) is 83.7 Å². The SMILES string of the molecule is C=CC(=O)Nc1cc(Nc2ncc3c(=O)[nH]cc(-c4cccc(F)c4)c3n2)ccc1N(C)CCN(C)C. The van der Waals surface area contributed by atoms with Crippen LogP contribution in [0.3, 0.4) is 0 Å². The van der Waals surface area contributed by atoms with Gasteiger partial charge in [-0.2, -0.15) is 0 Å². The molecule has 0 atom stereocenters. The number of hydrogen-bond donors (Lipinski definition) is 3. The summed E-state index contributed by atoms with van der Waals surface area (Å²) < 4.78 is 13.9. The average molecular weight is 502 g/mol. The predicted octanol–water partition coefficient (Wildman–Crippen LogP) is 3.99. The van der Waals surface area contributed by atoms with Gasteiger partial charge in [0.05, 0.1) is 22.3 Å². The second-order valence-electron chi connectivity index (χ2n) is 8.77. The minimum atomic E-state index is -0.394. The van der Waals surface area contributed by atoms with Crippen LogP contribution in [0.4, 0.5) is 27.4 Å². The Balaban J connectivity index is 1.71. The lowest BCUT2D eigenvalue weighted by Gasteiger charge is -2.24. The summed E-state index contributed by atoms with van der Waals surface area (Å²) in [7, 11) is 5.95. The van der Waals surface area contributed by atoms with Crippen molar-refractivity contribution in [2.24, 2.45) is 0 Å². The van der Waals surface area contributed by atoms with Crippen molar-refractivity contribution in [3.8, 4) is 11.1 Å². The number of hydrogen-bond acceptors (Lipinski definition) is 7. The zero-order valence-electron chi connectivity index (χ0n) is 20.9. The molecule has 2 aromatic carbocycles. The van der Waals surface area contributed by atoms with Gasteiger partial charge in [-0.1, -0.05) is 18.7 Å². The highest BCUT2D eigenvalue weighted by Crippen LogP contribution is 2.31. The summed E-state index contributed by atoms with van der Waals surface area (Å²) >= 11 is 0. The number of aromatic nitrogens is 3. The molecule has 0 spiro atoms. The molecule has 2 heterocycles. The normalized spacial score (nSPS) is 10.9. The van der Waals surface area contributed by atoms with Gasteiger partial charge in [0.2, 0.25) is 11.9 Å². The standard InChI is InChI=1S/C27H28FN7O2/c1-5-24(36)32-22-14-19(9-10-23(22)35(4)12-11-34(2)3)31-27-30-16-21-25(33-27)20(15-29-26(21)37)17-7-6-8-18(28)13-17/h5-10,13-16H,1,11-12H2,2-4H3,(H,29,37)(H,32,36)(H,30,31,33). The molecule has 190 valence electrons. The van der Waals surface area contributed by atoms with Crippen molar-refractivity contribution in [2.45, 2.75) is 0 Å². The van der Waals surface area contributed by atoms with Crippen molar-refractivity contribution in [1.29, 1.82) is 0 Å². The topological polar surface area (TPSA) is 106 Å². The molecule has 4 aromatic rings. The third-order valence-corrected chi connectivity index (χ3v) is 5.76. The molecule has 2 aromatic heterocycles. The van der Waals surface area contributed by atoms with Crippen molar-refractivity contribution in [3.63, 3.8) is 0 Å². The molecule has 0 aliphatic carbocycles. The third kappa shape index (κ3) is 5.99. The van der Waals surface area contributed by atoms with E-state index in [1.807, 2.05) is 38.2 Å². The lowest BCUT2D eigenvalue weighted by atomic mass is 10.1. The first-order valence-electron chi connectivity index (χ1n) is 11.6. The molecule has 0 fully saturated rings. The lowest BCUT2D eigenvalue weighted by Crippen LogP contribution is -2.29. The number of carbonyl (C=O) groups is 1. The van der Waals surface area contributed by atoms with E-state index in [4.69, 9.17) is 0 Å². The highest BCUT2D eigenvalue weighted by molar-refractivity contribution is 6.01. The Kier molecular flexibility index (Phi) is 7.59. The molecular formula is C27H28FN7O2. The second-order valence-corrected chi connectivity index (χ2v) is 8.77. The molecule has 3 N–H and O–H groups in total. The Hall–Kier alpha value is -4.57. The van der Waals surface area contributed by atoms with Crippen molar-refractivity contribution in [1.82, 2.24) is 19.9 Å². The van der Waals surface area contributed by atoms with Crippen molar-refractivity contribution in [2.75, 3.05) is 49.8 Å². The van der Waals surface area contributed by atoms with Gasteiger partial charge in [0, 0.05) is 43.8 Å². The number of nitrogens with zero attached hydrogens (tertiary/aromatic N) is 4. The minimum Gasteiger partial charge on any atom is -0.372 e. The Morgan fingerprint density at radius 2 is 1.97 bits per heavy atom. The molecule has 10 heteroatoms. The Labute approximate surface area is 213 Å². The van der Waals surface area contributed by atoms with E-state index in [0.29, 0.717) is 28.0 Å². The quantitative estimate of drug-likeness (QED) is 0.298. The van der Waals surface area contributed by atoms with E-state index >= 15 is 0 Å². The fourth-order valence-corrected chi connectivity index (χ4v) is 3.80. The van der Waals surface area contributed by atoms with Gasteiger partial charge in [0.1, 0.15) is 5.82 Å². The molecule has 37 heavy (non-hydrogen) atoms. The van der Waals surface area contributed by atoms with E-state index in [0.717, 1.165) is 18.8 Å². The number of benzene rings is 2. The number of aromatic amines is 1. The summed E-state index contributed by atoms with van der Waals surface area (Å²) in [6.45, 7) is 5.12. The first kappa shape index (κ1) is 25.5. The minimum absolute atomic E-state index is 0.241. The number of pyridine rings is 1. The number of H-pyrrole nitrogens is 1. The number of halogens is 1. The smallest absolute Gasteiger partial charge is 0.259 e. The van der Waals surface area contributed by atoms with Gasteiger partial charge >= 0.3 is 0 Å². The number of nitrogens with one attached hydrogen (secondary N) is 3. The molecule has 0 bridgehead atoms. The van der Waals surface area contributed by atoms with Crippen LogP contribution in [0.15, 0.2) is 72.3 Å². The van der Waals surface area contributed by atoms with E-state index in [-0.39, 0.29) is 22.8 Å². The van der Waals surface area contributed by atoms with Crippen LogP contribution in [0.1, 0.15) is 0 Å². The first-order valence-corrected chi connectivity index (χ1v) is 11.6. The summed E-state index contributed by atoms with van der Waals surface area (Å²) in [6, 6.07) is 11.6. The summed E-state index contributed by atoms with van der Waals surface area (Å²) in [5, 5.41) is 6.28. The van der Waals surface area contributed by atoms with E-state index in [9.17, 15) is 14.0 Å². The van der Waals surface area contributed by atoms with Crippen LogP contribution in [0.2, 0.25) is 0 Å². The fourth-order valence-electron chi connectivity index (χ4n) is 3.80. The zero-order valence-corrected chi connectivity index (χ0v) is 20.9. The second kappa shape index (κ2) is 11.0. The van der Waals surface area contributed by atoms with Crippen LogP contribution in [-0.2, 0) is 4.79 Å². The Morgan fingerprint density at radius 3 is 2.70 bits per heavy atom. The van der Waals surface area contributed by atoms with Crippen LogP contribution >= 0.6 is 0 Å². The number of amides is 1. The van der Waals surface area contributed by atoms with Crippen LogP contribution in [-0.4, -0.2) is 60.0 Å². The summed E-state index contributed by atoms with van der Waals surface area (Å²) in [5.74, 6) is -0.486. The summed E-state index contributed by atoms with van der Waals surface area (Å²) in [6.07, 6.45) is 4.15. The van der Waals surface area contributed by atoms with Crippen molar-refractivity contribution >= 4 is 39.8 Å². The van der Waals surface area contributed by atoms with Crippen LogP contribution in [0, 0.1) is 5.82 Å². The fraction of sp³-hybridized carbons (Fsp3) is 0.185. The number of carbonyl (C=O) groups excluding carboxylic acids is 1. The van der Waals surface area contributed by atoms with Gasteiger partial charge in [-0.05, 0) is 56.1 Å². The molecule has 0 aliphatic heterocycles. The lowest BCUT2D eigenvalue weighted by molar-refractivity contribution is -0.111. The number of likely N-dealkylation sites (N-methyl/N-ethyl adjacent to an activating group) is 2. The van der Waals surface area contributed by atoms with E-state index < -0.39 is 5.82 Å². The zero-order chi connectivity index (χ0) is 26.5. The van der Waals surface area contributed by atoms with E-state index in [2.05, 4.69) is 37.1 Å². The number of rotatable bonds is 9. The van der Waals surface area contributed by atoms with Gasteiger partial charge in [0.15, 0.2) is 0 Å². The van der Waals surface area contributed by atoms with Crippen LogP contribution in [0.25, 0.3) is 22.0 Å². The van der Waals surface area contributed by atoms with Crippen LogP contribution < -0.4 is 21.1 Å². The number of anilines is 4. The molecule has 0 radical (unpaired) electrons. The highest BCUT2D eigenvalue weighted by Gasteiger charge is 2.14. The Morgan fingerprint density at radius 1 is 1.16 bits per heavy atom. The van der Waals surface area contributed by atoms with Gasteiger partial charge in [0.25, 0.3) is 5.56 Å². The summed E-state index contributed by atoms with van der Waals surface area (Å²) in [4.78, 5) is 40.1. The van der Waals surface area contributed by atoms with Gasteiger partial charge in [-0.15, -0.1) is 0 Å². The maximum absolute atomic E-state index is 13.9. The Bertz CT molecular complexity index is 1520. The maximum Gasteiger partial charge on any atom is 0.259 e.